The van der Waals surface area contributed by atoms with Crippen LogP contribution in [0.2, 0.25) is 0 Å². The van der Waals surface area contributed by atoms with Crippen molar-refractivity contribution in [1.82, 2.24) is 5.32 Å². The zero-order chi connectivity index (χ0) is 20.4. The van der Waals surface area contributed by atoms with E-state index >= 15 is 0 Å². The zero-order valence-corrected chi connectivity index (χ0v) is 16.0. The summed E-state index contributed by atoms with van der Waals surface area (Å²) in [7, 11) is 1.30. The Morgan fingerprint density at radius 2 is 1.96 bits per heavy atom. The van der Waals surface area contributed by atoms with Gasteiger partial charge < -0.3 is 19.5 Å². The fourth-order valence-corrected chi connectivity index (χ4v) is 3.17. The first kappa shape index (κ1) is 21.5. The van der Waals surface area contributed by atoms with E-state index in [1.165, 1.54) is 57.4 Å². The lowest BCUT2D eigenvalue weighted by molar-refractivity contribution is -0.385. The number of carbonyl (C=O) groups excluding carboxylic acids is 2. The molecule has 0 unspecified atom stereocenters. The third-order valence-corrected chi connectivity index (χ3v) is 4.67. The molecule has 1 N–H and O–H groups in total. The molecule has 0 bridgehead atoms. The Hall–Kier alpha value is -2.84. The molecule has 28 heavy (non-hydrogen) atoms. The fraction of sp³-hybridized carbons (Fsp3) is 0.579. The van der Waals surface area contributed by atoms with Crippen LogP contribution in [0.1, 0.15) is 38.5 Å². The topological polar surface area (TPSA) is 117 Å². The number of methoxy groups -OCH3 is 1. The highest BCUT2D eigenvalue weighted by Crippen LogP contribution is 2.30. The third kappa shape index (κ3) is 7.05. The molecule has 9 nitrogen and oxygen atoms in total. The largest absolute Gasteiger partial charge is 0.490 e. The standard InChI is InChI=1S/C19H26N2O7/c1-26-17-11-15(7-8-16(17)21(24)25)27-13-19(23)28-12-18(22)20-10-9-14-5-3-2-4-6-14/h7-8,11,14H,2-6,9-10,12-13H2,1H3,(H,20,22). The average Bonchev–Trinajstić information content (AvgIpc) is 2.71. The van der Waals surface area contributed by atoms with E-state index in [9.17, 15) is 19.7 Å². The minimum Gasteiger partial charge on any atom is -0.490 e. The van der Waals surface area contributed by atoms with Crippen molar-refractivity contribution in [2.45, 2.75) is 38.5 Å². The van der Waals surface area contributed by atoms with Crippen molar-refractivity contribution in [3.8, 4) is 11.5 Å². The van der Waals surface area contributed by atoms with Gasteiger partial charge >= 0.3 is 11.7 Å². The number of carbonyl (C=O) groups is 2. The van der Waals surface area contributed by atoms with E-state index in [1.54, 1.807) is 0 Å². The molecule has 1 fully saturated rings. The number of nitrogens with one attached hydrogen (secondary N) is 1. The van der Waals surface area contributed by atoms with Crippen LogP contribution in [0.15, 0.2) is 18.2 Å². The Kier molecular flexibility index (Phi) is 8.51. The number of ether oxygens (including phenoxy) is 3. The van der Waals surface area contributed by atoms with Gasteiger partial charge in [-0.05, 0) is 18.4 Å². The lowest BCUT2D eigenvalue weighted by Crippen LogP contribution is -2.31. The predicted octanol–water partition coefficient (Wildman–Crippen LogP) is 2.61. The van der Waals surface area contributed by atoms with E-state index < -0.39 is 17.5 Å². The maximum Gasteiger partial charge on any atom is 0.344 e. The van der Waals surface area contributed by atoms with Gasteiger partial charge in [0.1, 0.15) is 5.75 Å². The van der Waals surface area contributed by atoms with Gasteiger partial charge in [0.25, 0.3) is 5.91 Å². The van der Waals surface area contributed by atoms with Gasteiger partial charge in [-0.25, -0.2) is 4.79 Å². The molecule has 0 saturated heterocycles. The smallest absolute Gasteiger partial charge is 0.344 e. The number of amides is 1. The second-order valence-corrected chi connectivity index (χ2v) is 6.68. The molecule has 154 valence electrons. The van der Waals surface area contributed by atoms with E-state index in [0.29, 0.717) is 12.5 Å². The molecule has 1 aliphatic rings. The van der Waals surface area contributed by atoms with E-state index in [1.807, 2.05) is 0 Å². The summed E-state index contributed by atoms with van der Waals surface area (Å²) in [5, 5.41) is 13.6. The van der Waals surface area contributed by atoms with Crippen molar-refractivity contribution in [2.24, 2.45) is 5.92 Å². The van der Waals surface area contributed by atoms with Crippen molar-refractivity contribution in [1.29, 1.82) is 0 Å². The Labute approximate surface area is 163 Å². The van der Waals surface area contributed by atoms with Gasteiger partial charge in [-0.2, -0.15) is 0 Å². The Balaban J connectivity index is 1.65. The molecule has 1 aromatic carbocycles. The molecule has 0 aliphatic heterocycles. The SMILES string of the molecule is COc1cc(OCC(=O)OCC(=O)NCCC2CCCCC2)ccc1[N+](=O)[O-]. The number of nitro benzene ring substituents is 1. The summed E-state index contributed by atoms with van der Waals surface area (Å²) in [6.07, 6.45) is 7.21. The molecule has 1 aliphatic carbocycles. The van der Waals surface area contributed by atoms with Crippen LogP contribution < -0.4 is 14.8 Å². The van der Waals surface area contributed by atoms with Gasteiger partial charge in [0, 0.05) is 18.7 Å². The summed E-state index contributed by atoms with van der Waals surface area (Å²) in [5.41, 5.74) is -0.206. The number of hydrogen-bond acceptors (Lipinski definition) is 7. The van der Waals surface area contributed by atoms with Crippen molar-refractivity contribution < 1.29 is 28.7 Å². The summed E-state index contributed by atoms with van der Waals surface area (Å²) in [6, 6.07) is 3.88. The Morgan fingerprint density at radius 3 is 2.64 bits per heavy atom. The molecule has 0 heterocycles. The summed E-state index contributed by atoms with van der Waals surface area (Å²) in [4.78, 5) is 33.7. The summed E-state index contributed by atoms with van der Waals surface area (Å²) < 4.78 is 15.0. The quantitative estimate of drug-likeness (QED) is 0.368. The Morgan fingerprint density at radius 1 is 1.21 bits per heavy atom. The van der Waals surface area contributed by atoms with E-state index in [2.05, 4.69) is 5.32 Å². The van der Waals surface area contributed by atoms with Crippen molar-refractivity contribution in [3.63, 3.8) is 0 Å². The monoisotopic (exact) mass is 394 g/mol. The van der Waals surface area contributed by atoms with Gasteiger partial charge in [-0.3, -0.25) is 14.9 Å². The van der Waals surface area contributed by atoms with Crippen molar-refractivity contribution in [3.05, 3.63) is 28.3 Å². The second kappa shape index (κ2) is 11.1. The molecule has 2 rings (SSSR count). The van der Waals surface area contributed by atoms with Crippen LogP contribution in [-0.4, -0.2) is 43.7 Å². The number of hydrogen-bond donors (Lipinski definition) is 1. The van der Waals surface area contributed by atoms with Crippen LogP contribution in [0.3, 0.4) is 0 Å². The summed E-state index contributed by atoms with van der Waals surface area (Å²) >= 11 is 0. The van der Waals surface area contributed by atoms with Crippen molar-refractivity contribution >= 4 is 17.6 Å². The summed E-state index contributed by atoms with van der Waals surface area (Å²) in [6.45, 7) is -0.201. The maximum atomic E-state index is 11.7. The first-order valence-electron chi connectivity index (χ1n) is 9.37. The first-order chi connectivity index (χ1) is 13.5. The molecule has 0 aromatic heterocycles. The van der Waals surface area contributed by atoms with Crippen molar-refractivity contribution in [2.75, 3.05) is 26.9 Å². The van der Waals surface area contributed by atoms with Gasteiger partial charge in [0.15, 0.2) is 13.2 Å². The van der Waals surface area contributed by atoms with Crippen LogP contribution >= 0.6 is 0 Å². The van der Waals surface area contributed by atoms with Crippen LogP contribution in [0.4, 0.5) is 5.69 Å². The highest BCUT2D eigenvalue weighted by atomic mass is 16.6. The molecular weight excluding hydrogens is 368 g/mol. The van der Waals surface area contributed by atoms with Gasteiger partial charge in [-0.15, -0.1) is 0 Å². The number of benzene rings is 1. The lowest BCUT2D eigenvalue weighted by Gasteiger charge is -2.21. The van der Waals surface area contributed by atoms with Crippen LogP contribution in [0.5, 0.6) is 11.5 Å². The normalized spacial score (nSPS) is 14.2. The molecule has 0 spiro atoms. The average molecular weight is 394 g/mol. The molecule has 0 atom stereocenters. The second-order valence-electron chi connectivity index (χ2n) is 6.68. The Bertz CT molecular complexity index is 687. The minimum absolute atomic E-state index is 0.0215. The molecule has 1 amide bonds. The lowest BCUT2D eigenvalue weighted by atomic mass is 9.87. The van der Waals surface area contributed by atoms with E-state index in [4.69, 9.17) is 14.2 Å². The molecule has 1 aromatic rings. The van der Waals surface area contributed by atoms with Crippen LogP contribution in [0, 0.1) is 16.0 Å². The highest BCUT2D eigenvalue weighted by molar-refractivity contribution is 5.80. The number of esters is 1. The fourth-order valence-electron chi connectivity index (χ4n) is 3.17. The van der Waals surface area contributed by atoms with Gasteiger partial charge in [0.2, 0.25) is 5.75 Å². The van der Waals surface area contributed by atoms with Crippen LogP contribution in [0.25, 0.3) is 0 Å². The van der Waals surface area contributed by atoms with Gasteiger partial charge in [-0.1, -0.05) is 32.1 Å². The minimum atomic E-state index is -0.709. The maximum absolute atomic E-state index is 11.7. The molecule has 9 heteroatoms. The highest BCUT2D eigenvalue weighted by Gasteiger charge is 2.16. The van der Waals surface area contributed by atoms with Crippen LogP contribution in [-0.2, 0) is 14.3 Å². The molecule has 1 saturated carbocycles. The van der Waals surface area contributed by atoms with Gasteiger partial charge in [0.05, 0.1) is 12.0 Å². The van der Waals surface area contributed by atoms with E-state index in [-0.39, 0.29) is 29.7 Å². The molecular formula is C19H26N2O7. The predicted molar refractivity (Wildman–Crippen MR) is 100 cm³/mol. The molecule has 0 radical (unpaired) electrons. The third-order valence-electron chi connectivity index (χ3n) is 4.67. The first-order valence-corrected chi connectivity index (χ1v) is 9.37. The zero-order valence-electron chi connectivity index (χ0n) is 16.0. The number of rotatable bonds is 10. The summed E-state index contributed by atoms with van der Waals surface area (Å²) in [5.74, 6) is -0.144. The van der Waals surface area contributed by atoms with E-state index in [0.717, 1.165) is 6.42 Å². The number of nitrogens with zero attached hydrogens (tertiary/aromatic N) is 1. The number of nitro groups is 1.